The summed E-state index contributed by atoms with van der Waals surface area (Å²) in [6.07, 6.45) is 1.69. The summed E-state index contributed by atoms with van der Waals surface area (Å²) in [7, 11) is -3.68. The molecule has 0 spiro atoms. The van der Waals surface area contributed by atoms with Gasteiger partial charge in [-0.3, -0.25) is 9.71 Å². The second-order valence-corrected chi connectivity index (χ2v) is 9.05. The number of para-hydroxylation sites is 2. The van der Waals surface area contributed by atoms with Crippen LogP contribution in [0.15, 0.2) is 65.0 Å². The highest BCUT2D eigenvalue weighted by molar-refractivity contribution is 7.94. The van der Waals surface area contributed by atoms with Crippen molar-refractivity contribution in [1.29, 1.82) is 0 Å². The molecule has 0 saturated carbocycles. The molecule has 0 bridgehead atoms. The van der Waals surface area contributed by atoms with Crippen molar-refractivity contribution in [1.82, 2.24) is 4.98 Å². The van der Waals surface area contributed by atoms with Gasteiger partial charge in [-0.15, -0.1) is 11.3 Å². The van der Waals surface area contributed by atoms with E-state index in [1.165, 1.54) is 11.3 Å². The summed E-state index contributed by atoms with van der Waals surface area (Å²) in [5.74, 6) is 0. The first-order chi connectivity index (χ1) is 13.1. The molecule has 0 amide bonds. The van der Waals surface area contributed by atoms with Gasteiger partial charge in [-0.2, -0.15) is 0 Å². The van der Waals surface area contributed by atoms with Crippen LogP contribution in [0.4, 0.5) is 11.4 Å². The van der Waals surface area contributed by atoms with Crippen LogP contribution in [0.1, 0.15) is 0 Å². The molecule has 140 valence electrons. The minimum Gasteiger partial charge on any atom is -0.378 e. The summed E-state index contributed by atoms with van der Waals surface area (Å²) in [5.41, 5.74) is 2.20. The average Bonchev–Trinajstić information content (AvgIpc) is 3.21. The highest BCUT2D eigenvalue weighted by atomic mass is 32.2. The number of hydrogen-bond donors (Lipinski definition) is 1. The molecule has 1 aliphatic rings. The van der Waals surface area contributed by atoms with Crippen LogP contribution >= 0.6 is 11.3 Å². The number of nitrogens with zero attached hydrogens (tertiary/aromatic N) is 2. The Morgan fingerprint density at radius 3 is 2.56 bits per heavy atom. The van der Waals surface area contributed by atoms with Gasteiger partial charge in [0.15, 0.2) is 0 Å². The van der Waals surface area contributed by atoms with Gasteiger partial charge in [0.2, 0.25) is 0 Å². The number of anilines is 2. The zero-order valence-corrected chi connectivity index (χ0v) is 16.2. The molecule has 1 aromatic carbocycles. The fourth-order valence-electron chi connectivity index (χ4n) is 2.95. The monoisotopic (exact) mass is 401 g/mol. The topological polar surface area (TPSA) is 71.5 Å². The van der Waals surface area contributed by atoms with Crippen LogP contribution < -0.4 is 9.62 Å². The third-order valence-electron chi connectivity index (χ3n) is 4.26. The lowest BCUT2D eigenvalue weighted by Gasteiger charge is -2.30. The minimum absolute atomic E-state index is 0.264. The SMILES string of the molecule is O=S(=O)(Nc1ccccc1N1CCOCC1)c1ccc(-c2ccccn2)s1. The summed E-state index contributed by atoms with van der Waals surface area (Å²) in [6.45, 7) is 2.75. The second kappa shape index (κ2) is 7.67. The van der Waals surface area contributed by atoms with E-state index in [4.69, 9.17) is 4.74 Å². The lowest BCUT2D eigenvalue weighted by atomic mass is 10.2. The highest BCUT2D eigenvalue weighted by Crippen LogP contribution is 2.33. The molecule has 1 N–H and O–H groups in total. The molecule has 0 radical (unpaired) electrons. The second-order valence-electron chi connectivity index (χ2n) is 6.06. The van der Waals surface area contributed by atoms with Crippen molar-refractivity contribution in [3.8, 4) is 10.6 Å². The number of thiophene rings is 1. The number of sulfonamides is 1. The maximum atomic E-state index is 12.9. The van der Waals surface area contributed by atoms with Crippen molar-refractivity contribution in [2.24, 2.45) is 0 Å². The molecule has 1 aliphatic heterocycles. The molecule has 4 rings (SSSR count). The molecule has 8 heteroatoms. The van der Waals surface area contributed by atoms with Gasteiger partial charge < -0.3 is 9.64 Å². The van der Waals surface area contributed by atoms with E-state index in [9.17, 15) is 8.42 Å². The number of aromatic nitrogens is 1. The van der Waals surface area contributed by atoms with Crippen molar-refractivity contribution >= 4 is 32.7 Å². The number of nitrogens with one attached hydrogen (secondary N) is 1. The first-order valence-electron chi connectivity index (χ1n) is 8.59. The number of rotatable bonds is 5. The van der Waals surface area contributed by atoms with Gasteiger partial charge in [-0.1, -0.05) is 18.2 Å². The minimum atomic E-state index is -3.68. The third-order valence-corrected chi connectivity index (χ3v) is 7.23. The largest absolute Gasteiger partial charge is 0.378 e. The molecule has 0 unspecified atom stereocenters. The molecule has 6 nitrogen and oxygen atoms in total. The zero-order valence-electron chi connectivity index (χ0n) is 14.5. The van der Waals surface area contributed by atoms with Gasteiger partial charge in [-0.05, 0) is 36.4 Å². The van der Waals surface area contributed by atoms with Crippen LogP contribution in [0.2, 0.25) is 0 Å². The Kier molecular flexibility index (Phi) is 5.11. The third kappa shape index (κ3) is 3.97. The highest BCUT2D eigenvalue weighted by Gasteiger charge is 2.21. The average molecular weight is 402 g/mol. The van der Waals surface area contributed by atoms with E-state index in [1.54, 1.807) is 24.4 Å². The fourth-order valence-corrected chi connectivity index (χ4v) is 5.30. The molecule has 27 heavy (non-hydrogen) atoms. The van der Waals surface area contributed by atoms with Crippen LogP contribution in [0.25, 0.3) is 10.6 Å². The van der Waals surface area contributed by atoms with Crippen LogP contribution in [-0.4, -0.2) is 39.7 Å². The summed E-state index contributed by atoms with van der Waals surface area (Å²) in [4.78, 5) is 7.23. The van der Waals surface area contributed by atoms with Crippen molar-refractivity contribution in [3.63, 3.8) is 0 Å². The Morgan fingerprint density at radius 2 is 1.78 bits per heavy atom. The van der Waals surface area contributed by atoms with Gasteiger partial charge in [-0.25, -0.2) is 8.42 Å². The van der Waals surface area contributed by atoms with Crippen molar-refractivity contribution in [3.05, 3.63) is 60.8 Å². The first-order valence-corrected chi connectivity index (χ1v) is 10.9. The predicted octanol–water partition coefficient (Wildman–Crippen LogP) is 3.45. The van der Waals surface area contributed by atoms with E-state index in [0.29, 0.717) is 18.9 Å². The molecular weight excluding hydrogens is 382 g/mol. The fraction of sp³-hybridized carbons (Fsp3) is 0.211. The predicted molar refractivity (Wildman–Crippen MR) is 108 cm³/mol. The van der Waals surface area contributed by atoms with E-state index in [1.807, 2.05) is 36.4 Å². The number of ether oxygens (including phenoxy) is 1. The van der Waals surface area contributed by atoms with E-state index >= 15 is 0 Å². The molecule has 0 atom stereocenters. The Morgan fingerprint density at radius 1 is 1.00 bits per heavy atom. The molecule has 3 heterocycles. The van der Waals surface area contributed by atoms with E-state index < -0.39 is 10.0 Å². The Bertz CT molecular complexity index is 1010. The normalized spacial score (nSPS) is 14.9. The molecule has 1 fully saturated rings. The molecule has 1 saturated heterocycles. The maximum Gasteiger partial charge on any atom is 0.271 e. The molecular formula is C19H19N3O3S2. The number of pyridine rings is 1. The lowest BCUT2D eigenvalue weighted by Crippen LogP contribution is -2.36. The van der Waals surface area contributed by atoms with Gasteiger partial charge in [0.1, 0.15) is 4.21 Å². The Balaban J connectivity index is 1.60. The lowest BCUT2D eigenvalue weighted by molar-refractivity contribution is 0.123. The van der Waals surface area contributed by atoms with Gasteiger partial charge in [0, 0.05) is 19.3 Å². The van der Waals surface area contributed by atoms with Crippen molar-refractivity contribution < 1.29 is 13.2 Å². The maximum absolute atomic E-state index is 12.9. The van der Waals surface area contributed by atoms with Gasteiger partial charge in [0.05, 0.1) is 35.2 Å². The summed E-state index contributed by atoms with van der Waals surface area (Å²) >= 11 is 1.21. The smallest absolute Gasteiger partial charge is 0.271 e. The Labute approximate surface area is 162 Å². The summed E-state index contributed by atoms with van der Waals surface area (Å²) < 4.78 is 34.2. The van der Waals surface area contributed by atoms with E-state index in [-0.39, 0.29) is 4.21 Å². The first kappa shape index (κ1) is 18.0. The zero-order chi connectivity index (χ0) is 18.7. The number of benzene rings is 1. The van der Waals surface area contributed by atoms with Gasteiger partial charge in [0.25, 0.3) is 10.0 Å². The quantitative estimate of drug-likeness (QED) is 0.709. The molecule has 0 aliphatic carbocycles. The summed E-state index contributed by atoms with van der Waals surface area (Å²) in [6, 6.07) is 16.4. The Hall–Kier alpha value is -2.42. The number of hydrogen-bond acceptors (Lipinski definition) is 6. The van der Waals surface area contributed by atoms with E-state index in [0.717, 1.165) is 29.3 Å². The van der Waals surface area contributed by atoms with Crippen molar-refractivity contribution in [2.45, 2.75) is 4.21 Å². The summed E-state index contributed by atoms with van der Waals surface area (Å²) in [5, 5.41) is 0. The van der Waals surface area contributed by atoms with Crippen LogP contribution in [0.5, 0.6) is 0 Å². The van der Waals surface area contributed by atoms with Crippen LogP contribution in [0.3, 0.4) is 0 Å². The standard InChI is InChI=1S/C19H19N3O3S2/c23-27(24,19-9-8-18(26-19)16-6-3-4-10-20-16)21-15-5-1-2-7-17(15)22-11-13-25-14-12-22/h1-10,21H,11-14H2. The molecule has 3 aromatic rings. The van der Waals surface area contributed by atoms with Crippen molar-refractivity contribution in [2.75, 3.05) is 35.9 Å². The molecule has 2 aromatic heterocycles. The number of morpholine rings is 1. The van der Waals surface area contributed by atoms with E-state index in [2.05, 4.69) is 14.6 Å². The van der Waals surface area contributed by atoms with Crippen LogP contribution in [-0.2, 0) is 14.8 Å². The van der Waals surface area contributed by atoms with Gasteiger partial charge >= 0.3 is 0 Å². The van der Waals surface area contributed by atoms with Crippen LogP contribution in [0, 0.1) is 0 Å².